The molecule has 0 bridgehead atoms. The fourth-order valence-corrected chi connectivity index (χ4v) is 3.59. The van der Waals surface area contributed by atoms with E-state index in [1.165, 1.54) is 12.1 Å². The molecule has 3 N–H and O–H groups in total. The molecule has 0 amide bonds. The van der Waals surface area contributed by atoms with Gasteiger partial charge in [0.2, 0.25) is 10.0 Å². The second-order valence-corrected chi connectivity index (χ2v) is 6.82. The minimum Gasteiger partial charge on any atom is -0.478 e. The third-order valence-corrected chi connectivity index (χ3v) is 4.86. The van der Waals surface area contributed by atoms with Crippen LogP contribution in [-0.2, 0) is 16.4 Å². The van der Waals surface area contributed by atoms with E-state index in [2.05, 4.69) is 4.72 Å². The molecule has 0 aliphatic rings. The Morgan fingerprint density at radius 2 is 1.95 bits per heavy atom. The average molecular weight is 315 g/mol. The number of aromatic carboxylic acids is 1. The molecule has 1 aromatic rings. The molecule has 0 aromatic heterocycles. The first kappa shape index (κ1) is 17.6. The van der Waals surface area contributed by atoms with Gasteiger partial charge >= 0.3 is 5.97 Å². The summed E-state index contributed by atoms with van der Waals surface area (Å²) >= 11 is 0. The lowest BCUT2D eigenvalue weighted by atomic mass is 10.1. The third kappa shape index (κ3) is 4.26. The summed E-state index contributed by atoms with van der Waals surface area (Å²) in [6.45, 7) is 5.05. The molecular formula is C14H21NO5S. The fourth-order valence-electron chi connectivity index (χ4n) is 1.88. The number of carbonyl (C=O) groups is 1. The zero-order chi connectivity index (χ0) is 16.2. The summed E-state index contributed by atoms with van der Waals surface area (Å²) in [5, 5.41) is 18.3. The van der Waals surface area contributed by atoms with Gasteiger partial charge in [-0.05, 0) is 30.0 Å². The molecule has 0 fully saturated rings. The van der Waals surface area contributed by atoms with E-state index in [0.717, 1.165) is 6.07 Å². The van der Waals surface area contributed by atoms with Gasteiger partial charge in [0.15, 0.2) is 0 Å². The molecular weight excluding hydrogens is 294 g/mol. The van der Waals surface area contributed by atoms with E-state index in [9.17, 15) is 18.3 Å². The van der Waals surface area contributed by atoms with Crippen LogP contribution in [0.5, 0.6) is 0 Å². The molecule has 0 heterocycles. The van der Waals surface area contributed by atoms with E-state index < -0.39 is 22.0 Å². The number of aryl methyl sites for hydroxylation is 1. The summed E-state index contributed by atoms with van der Waals surface area (Å²) in [6, 6.07) is 3.42. The maximum absolute atomic E-state index is 12.4. The molecule has 1 unspecified atom stereocenters. The number of benzene rings is 1. The normalized spacial score (nSPS) is 13.4. The molecule has 1 atom stereocenters. The average Bonchev–Trinajstić information content (AvgIpc) is 2.43. The Labute approximate surface area is 124 Å². The SMILES string of the molecule is CCc1ccc(C(=O)O)cc1S(=O)(=O)NC(CO)C(C)C. The Kier molecular flexibility index (Phi) is 5.88. The Bertz CT molecular complexity index is 610. The standard InChI is InChI=1S/C14H21NO5S/c1-4-10-5-6-11(14(17)18)7-13(10)21(19,20)15-12(8-16)9(2)3/h5-7,9,12,15-16H,4,8H2,1-3H3,(H,17,18). The number of aliphatic hydroxyl groups is 1. The summed E-state index contributed by atoms with van der Waals surface area (Å²) < 4.78 is 27.3. The Hall–Kier alpha value is -1.44. The van der Waals surface area contributed by atoms with Gasteiger partial charge in [-0.3, -0.25) is 0 Å². The molecule has 1 rings (SSSR count). The van der Waals surface area contributed by atoms with Crippen molar-refractivity contribution in [2.45, 2.75) is 38.1 Å². The molecule has 0 saturated heterocycles. The van der Waals surface area contributed by atoms with E-state index in [1.54, 1.807) is 20.8 Å². The third-order valence-electron chi connectivity index (χ3n) is 3.29. The van der Waals surface area contributed by atoms with Crippen LogP contribution in [-0.4, -0.2) is 37.2 Å². The summed E-state index contributed by atoms with van der Waals surface area (Å²) in [5.74, 6) is -1.27. The number of hydrogen-bond donors (Lipinski definition) is 3. The van der Waals surface area contributed by atoms with Gasteiger partial charge < -0.3 is 10.2 Å². The first-order valence-electron chi connectivity index (χ1n) is 6.72. The second kappa shape index (κ2) is 7.02. The minimum atomic E-state index is -3.89. The molecule has 0 spiro atoms. The topological polar surface area (TPSA) is 104 Å². The maximum Gasteiger partial charge on any atom is 0.335 e. The minimum absolute atomic E-state index is 0.0519. The van der Waals surface area contributed by atoms with E-state index in [0.29, 0.717) is 12.0 Å². The van der Waals surface area contributed by atoms with Crippen molar-refractivity contribution < 1.29 is 23.4 Å². The lowest BCUT2D eigenvalue weighted by Crippen LogP contribution is -2.41. The van der Waals surface area contributed by atoms with Crippen molar-refractivity contribution in [2.75, 3.05) is 6.61 Å². The highest BCUT2D eigenvalue weighted by molar-refractivity contribution is 7.89. The molecule has 0 aliphatic heterocycles. The van der Waals surface area contributed by atoms with Crippen LogP contribution in [0.1, 0.15) is 36.7 Å². The van der Waals surface area contributed by atoms with Gasteiger partial charge in [-0.15, -0.1) is 0 Å². The number of hydrogen-bond acceptors (Lipinski definition) is 4. The monoisotopic (exact) mass is 315 g/mol. The van der Waals surface area contributed by atoms with Crippen molar-refractivity contribution in [3.05, 3.63) is 29.3 Å². The fraction of sp³-hybridized carbons (Fsp3) is 0.500. The number of carboxylic acids is 1. The predicted octanol–water partition coefficient (Wildman–Crippen LogP) is 1.24. The summed E-state index contributed by atoms with van der Waals surface area (Å²) in [5.41, 5.74) is 0.450. The van der Waals surface area contributed by atoms with Crippen molar-refractivity contribution in [1.82, 2.24) is 4.72 Å². The number of sulfonamides is 1. The van der Waals surface area contributed by atoms with Crippen LogP contribution >= 0.6 is 0 Å². The van der Waals surface area contributed by atoms with Crippen LogP contribution < -0.4 is 4.72 Å². The first-order valence-corrected chi connectivity index (χ1v) is 8.20. The van der Waals surface area contributed by atoms with Crippen molar-refractivity contribution in [3.8, 4) is 0 Å². The summed E-state index contributed by atoms with van der Waals surface area (Å²) in [7, 11) is -3.89. The molecule has 21 heavy (non-hydrogen) atoms. The van der Waals surface area contributed by atoms with Crippen molar-refractivity contribution in [3.63, 3.8) is 0 Å². The van der Waals surface area contributed by atoms with Crippen molar-refractivity contribution >= 4 is 16.0 Å². The summed E-state index contributed by atoms with van der Waals surface area (Å²) in [4.78, 5) is 11.0. The largest absolute Gasteiger partial charge is 0.478 e. The molecule has 0 saturated carbocycles. The molecule has 1 aromatic carbocycles. The predicted molar refractivity (Wildman–Crippen MR) is 78.8 cm³/mol. The van der Waals surface area contributed by atoms with Gasteiger partial charge in [0.25, 0.3) is 0 Å². The Morgan fingerprint density at radius 3 is 2.38 bits per heavy atom. The molecule has 6 nitrogen and oxygen atoms in total. The highest BCUT2D eigenvalue weighted by Crippen LogP contribution is 2.20. The first-order chi connectivity index (χ1) is 9.72. The highest BCUT2D eigenvalue weighted by atomic mass is 32.2. The molecule has 0 aliphatic carbocycles. The smallest absolute Gasteiger partial charge is 0.335 e. The quantitative estimate of drug-likeness (QED) is 0.702. The van der Waals surface area contributed by atoms with Crippen LogP contribution in [0.25, 0.3) is 0 Å². The van der Waals surface area contributed by atoms with Gasteiger partial charge in [-0.2, -0.15) is 0 Å². The van der Waals surface area contributed by atoms with Crippen LogP contribution in [0.4, 0.5) is 0 Å². The van der Waals surface area contributed by atoms with Crippen LogP contribution in [0, 0.1) is 5.92 Å². The zero-order valence-corrected chi connectivity index (χ0v) is 13.1. The lowest BCUT2D eigenvalue weighted by Gasteiger charge is -2.21. The van der Waals surface area contributed by atoms with Crippen molar-refractivity contribution in [2.24, 2.45) is 5.92 Å². The lowest BCUT2D eigenvalue weighted by molar-refractivity contribution is 0.0696. The van der Waals surface area contributed by atoms with E-state index in [4.69, 9.17) is 5.11 Å². The molecule has 118 valence electrons. The highest BCUT2D eigenvalue weighted by Gasteiger charge is 2.24. The Balaban J connectivity index is 3.29. The summed E-state index contributed by atoms with van der Waals surface area (Å²) in [6.07, 6.45) is 0.460. The van der Waals surface area contributed by atoms with Crippen molar-refractivity contribution in [1.29, 1.82) is 0 Å². The Morgan fingerprint density at radius 1 is 1.33 bits per heavy atom. The van der Waals surface area contributed by atoms with Gasteiger partial charge in [0.05, 0.1) is 17.1 Å². The molecule has 0 radical (unpaired) electrons. The van der Waals surface area contributed by atoms with Crippen LogP contribution in [0.15, 0.2) is 23.1 Å². The van der Waals surface area contributed by atoms with Gasteiger partial charge in [0.1, 0.15) is 0 Å². The number of carboxylic acid groups (broad SMARTS) is 1. The van der Waals surface area contributed by atoms with E-state index in [-0.39, 0.29) is 23.0 Å². The van der Waals surface area contributed by atoms with Gasteiger partial charge in [0, 0.05) is 6.04 Å². The van der Waals surface area contributed by atoms with Gasteiger partial charge in [-0.25, -0.2) is 17.9 Å². The van der Waals surface area contributed by atoms with Gasteiger partial charge in [-0.1, -0.05) is 26.8 Å². The molecule has 7 heteroatoms. The zero-order valence-electron chi connectivity index (χ0n) is 12.3. The number of nitrogens with one attached hydrogen (secondary N) is 1. The van der Waals surface area contributed by atoms with Crippen LogP contribution in [0.3, 0.4) is 0 Å². The number of rotatable bonds is 7. The second-order valence-electron chi connectivity index (χ2n) is 5.14. The maximum atomic E-state index is 12.4. The van der Waals surface area contributed by atoms with Crippen LogP contribution in [0.2, 0.25) is 0 Å². The van der Waals surface area contributed by atoms with E-state index >= 15 is 0 Å². The van der Waals surface area contributed by atoms with E-state index in [1.807, 2.05) is 0 Å². The number of aliphatic hydroxyl groups excluding tert-OH is 1.